The summed E-state index contributed by atoms with van der Waals surface area (Å²) in [5.74, 6) is 1.75. The molecule has 2 bridgehead atoms. The van der Waals surface area contributed by atoms with Crippen molar-refractivity contribution in [3.05, 3.63) is 29.5 Å². The van der Waals surface area contributed by atoms with Gasteiger partial charge in [0.15, 0.2) is 0 Å². The molecule has 22 heavy (non-hydrogen) atoms. The molecule has 2 aromatic rings. The third-order valence-corrected chi connectivity index (χ3v) is 5.46. The summed E-state index contributed by atoms with van der Waals surface area (Å²) in [5, 5.41) is 4.90. The van der Waals surface area contributed by atoms with E-state index in [1.807, 2.05) is 6.07 Å². The second-order valence-electron chi connectivity index (χ2n) is 6.82. The number of ether oxygens (including phenoxy) is 1. The molecule has 0 aliphatic carbocycles. The van der Waals surface area contributed by atoms with Crippen molar-refractivity contribution in [1.82, 2.24) is 15.2 Å². The predicted molar refractivity (Wildman–Crippen MR) is 89.4 cm³/mol. The molecule has 1 aromatic carbocycles. The fraction of sp³-hybridized carbons (Fsp3) is 0.556. The first-order valence-electron chi connectivity index (χ1n) is 8.34. The zero-order valence-electron chi connectivity index (χ0n) is 13.5. The molecule has 2 atom stereocenters. The van der Waals surface area contributed by atoms with Crippen molar-refractivity contribution in [3.63, 3.8) is 0 Å². The number of nitrogens with zero attached hydrogens (tertiary/aromatic N) is 1. The fourth-order valence-electron chi connectivity index (χ4n) is 4.08. The van der Waals surface area contributed by atoms with Gasteiger partial charge in [0, 0.05) is 42.3 Å². The quantitative estimate of drug-likeness (QED) is 0.915. The van der Waals surface area contributed by atoms with Crippen molar-refractivity contribution in [3.8, 4) is 5.75 Å². The molecule has 3 fully saturated rings. The maximum Gasteiger partial charge on any atom is 0.119 e. The van der Waals surface area contributed by atoms with E-state index in [4.69, 9.17) is 4.74 Å². The summed E-state index contributed by atoms with van der Waals surface area (Å²) in [6.45, 7) is 6.82. The molecule has 3 aliphatic rings. The summed E-state index contributed by atoms with van der Waals surface area (Å²) in [6.07, 6.45) is 2.72. The minimum atomic E-state index is 0.694. The second-order valence-corrected chi connectivity index (χ2v) is 6.82. The molecule has 1 aromatic heterocycles. The number of methoxy groups -OCH3 is 1. The van der Waals surface area contributed by atoms with Gasteiger partial charge in [0.2, 0.25) is 0 Å². The largest absolute Gasteiger partial charge is 0.497 e. The molecular formula is C18H25N3O. The lowest BCUT2D eigenvalue weighted by Gasteiger charge is -2.36. The van der Waals surface area contributed by atoms with E-state index in [-0.39, 0.29) is 0 Å². The highest BCUT2D eigenvalue weighted by Gasteiger charge is 2.31. The molecule has 5 rings (SSSR count). The van der Waals surface area contributed by atoms with Gasteiger partial charge in [-0.2, -0.15) is 0 Å². The van der Waals surface area contributed by atoms with Crippen LogP contribution in [-0.4, -0.2) is 42.7 Å². The Morgan fingerprint density at radius 2 is 2.18 bits per heavy atom. The van der Waals surface area contributed by atoms with E-state index >= 15 is 0 Å². The molecule has 0 amide bonds. The van der Waals surface area contributed by atoms with Crippen LogP contribution < -0.4 is 10.1 Å². The average Bonchev–Trinajstić information content (AvgIpc) is 2.74. The molecule has 3 saturated heterocycles. The van der Waals surface area contributed by atoms with Crippen molar-refractivity contribution < 1.29 is 4.74 Å². The van der Waals surface area contributed by atoms with E-state index < -0.39 is 0 Å². The van der Waals surface area contributed by atoms with E-state index in [0.717, 1.165) is 24.8 Å². The fourth-order valence-corrected chi connectivity index (χ4v) is 4.08. The zero-order chi connectivity index (χ0) is 15.1. The van der Waals surface area contributed by atoms with E-state index in [0.29, 0.717) is 6.04 Å². The maximum absolute atomic E-state index is 5.36. The monoisotopic (exact) mass is 299 g/mol. The van der Waals surface area contributed by atoms with E-state index in [1.165, 1.54) is 48.1 Å². The minimum absolute atomic E-state index is 0.694. The van der Waals surface area contributed by atoms with Crippen LogP contribution in [-0.2, 0) is 6.54 Å². The molecule has 0 spiro atoms. The molecule has 3 aliphatic heterocycles. The highest BCUT2D eigenvalue weighted by molar-refractivity contribution is 5.85. The average molecular weight is 299 g/mol. The van der Waals surface area contributed by atoms with Crippen LogP contribution in [0, 0.1) is 12.8 Å². The highest BCUT2D eigenvalue weighted by atomic mass is 16.5. The van der Waals surface area contributed by atoms with Crippen LogP contribution in [0.2, 0.25) is 0 Å². The van der Waals surface area contributed by atoms with Gasteiger partial charge in [0.25, 0.3) is 0 Å². The molecule has 4 nitrogen and oxygen atoms in total. The Bertz CT molecular complexity index is 674. The lowest BCUT2D eigenvalue weighted by atomic mass is 9.94. The molecule has 4 heterocycles. The Labute approximate surface area is 131 Å². The maximum atomic E-state index is 5.36. The van der Waals surface area contributed by atoms with Crippen molar-refractivity contribution >= 4 is 10.9 Å². The number of benzene rings is 1. The van der Waals surface area contributed by atoms with Gasteiger partial charge in [-0.3, -0.25) is 4.90 Å². The topological polar surface area (TPSA) is 40.3 Å². The number of aromatic amines is 1. The molecule has 0 unspecified atom stereocenters. The minimum Gasteiger partial charge on any atom is -0.497 e. The van der Waals surface area contributed by atoms with E-state index in [1.54, 1.807) is 7.11 Å². The Hall–Kier alpha value is -1.52. The van der Waals surface area contributed by atoms with Crippen LogP contribution in [0.4, 0.5) is 0 Å². The Morgan fingerprint density at radius 1 is 1.27 bits per heavy atom. The van der Waals surface area contributed by atoms with E-state index in [9.17, 15) is 0 Å². The number of aromatic nitrogens is 1. The van der Waals surface area contributed by atoms with Crippen molar-refractivity contribution in [1.29, 1.82) is 0 Å². The number of fused-ring (bicyclic) bond motifs is 5. The Kier molecular flexibility index (Phi) is 3.59. The van der Waals surface area contributed by atoms with Crippen LogP contribution in [0.3, 0.4) is 0 Å². The van der Waals surface area contributed by atoms with Crippen molar-refractivity contribution in [2.24, 2.45) is 5.92 Å². The Balaban J connectivity index is 1.62. The first kappa shape index (κ1) is 14.1. The van der Waals surface area contributed by atoms with Crippen molar-refractivity contribution in [2.75, 3.05) is 26.7 Å². The lowest BCUT2D eigenvalue weighted by Crippen LogP contribution is -2.43. The van der Waals surface area contributed by atoms with Crippen LogP contribution in [0.25, 0.3) is 10.9 Å². The second kappa shape index (κ2) is 5.60. The Morgan fingerprint density at radius 3 is 3.05 bits per heavy atom. The third kappa shape index (κ3) is 2.40. The summed E-state index contributed by atoms with van der Waals surface area (Å²) < 4.78 is 5.36. The molecule has 0 saturated carbocycles. The summed E-state index contributed by atoms with van der Waals surface area (Å²) in [6, 6.07) is 6.99. The predicted octanol–water partition coefficient (Wildman–Crippen LogP) is 2.67. The van der Waals surface area contributed by atoms with Crippen LogP contribution in [0.5, 0.6) is 5.75 Å². The van der Waals surface area contributed by atoms with Gasteiger partial charge >= 0.3 is 0 Å². The molecule has 2 N–H and O–H groups in total. The first-order valence-corrected chi connectivity index (χ1v) is 8.34. The number of rotatable bonds is 3. The summed E-state index contributed by atoms with van der Waals surface area (Å²) in [7, 11) is 1.73. The highest BCUT2D eigenvalue weighted by Crippen LogP contribution is 2.30. The SMILES string of the molecule is COc1ccc2[nH]c(CN3C[C@@H]4CC[C@H]3CNC4)c(C)c2c1. The number of piperidine rings is 1. The lowest BCUT2D eigenvalue weighted by molar-refractivity contribution is 0.125. The molecule has 0 radical (unpaired) electrons. The normalized spacial score (nSPS) is 25.5. The van der Waals surface area contributed by atoms with Gasteiger partial charge in [0.05, 0.1) is 7.11 Å². The summed E-state index contributed by atoms with van der Waals surface area (Å²) >= 11 is 0. The number of aryl methyl sites for hydroxylation is 1. The van der Waals surface area contributed by atoms with Gasteiger partial charge in [0.1, 0.15) is 5.75 Å². The molecule has 118 valence electrons. The smallest absolute Gasteiger partial charge is 0.119 e. The third-order valence-electron chi connectivity index (χ3n) is 5.46. The number of H-pyrrole nitrogens is 1. The zero-order valence-corrected chi connectivity index (χ0v) is 13.5. The van der Waals surface area contributed by atoms with Crippen LogP contribution in [0.15, 0.2) is 18.2 Å². The van der Waals surface area contributed by atoms with Gasteiger partial charge in [-0.05, 0) is 56.0 Å². The summed E-state index contributed by atoms with van der Waals surface area (Å²) in [5.41, 5.74) is 3.93. The van der Waals surface area contributed by atoms with Gasteiger partial charge < -0.3 is 15.0 Å². The van der Waals surface area contributed by atoms with E-state index in [2.05, 4.69) is 34.3 Å². The van der Waals surface area contributed by atoms with Gasteiger partial charge in [-0.25, -0.2) is 0 Å². The standard InChI is InChI=1S/C18H25N3O/c1-12-16-7-15(22-2)5-6-17(16)20-18(12)11-21-10-13-3-4-14(21)9-19-8-13/h5-7,13-14,19-20H,3-4,8-11H2,1-2H3/t13-,14+/m1/s1. The van der Waals surface area contributed by atoms with Crippen molar-refractivity contribution in [2.45, 2.75) is 32.4 Å². The summed E-state index contributed by atoms with van der Waals surface area (Å²) in [4.78, 5) is 6.29. The number of hydrogen-bond acceptors (Lipinski definition) is 3. The number of hydrogen-bond donors (Lipinski definition) is 2. The first-order chi connectivity index (χ1) is 10.7. The number of nitrogens with one attached hydrogen (secondary N) is 2. The molecule has 4 heteroatoms. The van der Waals surface area contributed by atoms with Gasteiger partial charge in [-0.1, -0.05) is 0 Å². The van der Waals surface area contributed by atoms with Crippen LogP contribution in [0.1, 0.15) is 24.1 Å². The van der Waals surface area contributed by atoms with Crippen LogP contribution >= 0.6 is 0 Å². The van der Waals surface area contributed by atoms with Gasteiger partial charge in [-0.15, -0.1) is 0 Å². The molecular weight excluding hydrogens is 274 g/mol.